The van der Waals surface area contributed by atoms with Crippen LogP contribution in [0.1, 0.15) is 17.5 Å². The van der Waals surface area contributed by atoms with E-state index < -0.39 is 5.97 Å². The standard InChI is InChI=1S/C19H17NO3/c1-2-22-19(21)18-16(20)15(13-9-5-3-6-10-13)17(23-18)14-11-7-4-8-12-14/h3-12H,2,20H2,1H3. The van der Waals surface area contributed by atoms with Crippen molar-refractivity contribution >= 4 is 11.7 Å². The van der Waals surface area contributed by atoms with E-state index in [0.717, 1.165) is 11.1 Å². The first-order chi connectivity index (χ1) is 11.2. The van der Waals surface area contributed by atoms with E-state index in [2.05, 4.69) is 0 Å². The van der Waals surface area contributed by atoms with Crippen LogP contribution in [0, 0.1) is 0 Å². The Kier molecular flexibility index (Phi) is 4.15. The summed E-state index contributed by atoms with van der Waals surface area (Å²) in [6, 6.07) is 19.2. The predicted octanol–water partition coefficient (Wildman–Crippen LogP) is 4.37. The minimum atomic E-state index is -0.552. The van der Waals surface area contributed by atoms with Gasteiger partial charge in [-0.05, 0) is 12.5 Å². The highest BCUT2D eigenvalue weighted by atomic mass is 16.5. The number of rotatable bonds is 4. The molecule has 4 nitrogen and oxygen atoms in total. The van der Waals surface area contributed by atoms with Crippen LogP contribution in [0.4, 0.5) is 5.69 Å². The topological polar surface area (TPSA) is 65.5 Å². The number of hydrogen-bond donors (Lipinski definition) is 1. The van der Waals surface area contributed by atoms with Crippen LogP contribution in [0.25, 0.3) is 22.5 Å². The summed E-state index contributed by atoms with van der Waals surface area (Å²) >= 11 is 0. The van der Waals surface area contributed by atoms with Gasteiger partial charge in [-0.2, -0.15) is 0 Å². The molecule has 0 spiro atoms. The van der Waals surface area contributed by atoms with Gasteiger partial charge < -0.3 is 14.9 Å². The molecular weight excluding hydrogens is 290 g/mol. The first-order valence-electron chi connectivity index (χ1n) is 7.42. The van der Waals surface area contributed by atoms with Crippen LogP contribution < -0.4 is 5.73 Å². The summed E-state index contributed by atoms with van der Waals surface area (Å²) in [5, 5.41) is 0. The van der Waals surface area contributed by atoms with E-state index in [1.54, 1.807) is 6.92 Å². The highest BCUT2D eigenvalue weighted by molar-refractivity contribution is 6.01. The van der Waals surface area contributed by atoms with Gasteiger partial charge in [-0.3, -0.25) is 0 Å². The Balaban J connectivity index is 2.21. The second-order valence-corrected chi connectivity index (χ2v) is 5.00. The number of ether oxygens (including phenoxy) is 1. The Labute approximate surface area is 134 Å². The quantitative estimate of drug-likeness (QED) is 0.727. The normalized spacial score (nSPS) is 10.5. The Morgan fingerprint density at radius 1 is 1.00 bits per heavy atom. The number of nitrogens with two attached hydrogens (primary N) is 1. The summed E-state index contributed by atoms with van der Waals surface area (Å²) in [6.45, 7) is 2.01. The zero-order valence-corrected chi connectivity index (χ0v) is 12.8. The number of furan rings is 1. The number of carbonyl (C=O) groups excluding carboxylic acids is 1. The molecular formula is C19H17NO3. The maximum absolute atomic E-state index is 12.1. The van der Waals surface area contributed by atoms with Gasteiger partial charge in [0.05, 0.1) is 17.9 Å². The van der Waals surface area contributed by atoms with Crippen molar-refractivity contribution in [1.29, 1.82) is 0 Å². The molecule has 0 bridgehead atoms. The molecule has 0 unspecified atom stereocenters. The van der Waals surface area contributed by atoms with Crippen molar-refractivity contribution in [2.75, 3.05) is 12.3 Å². The first kappa shape index (κ1) is 14.9. The van der Waals surface area contributed by atoms with Gasteiger partial charge in [0, 0.05) is 5.56 Å². The molecule has 0 radical (unpaired) electrons. The molecule has 116 valence electrons. The number of esters is 1. The molecule has 2 N–H and O–H groups in total. The van der Waals surface area contributed by atoms with E-state index in [9.17, 15) is 4.79 Å². The van der Waals surface area contributed by atoms with Crippen LogP contribution in [0.3, 0.4) is 0 Å². The third kappa shape index (κ3) is 2.83. The lowest BCUT2D eigenvalue weighted by molar-refractivity contribution is 0.0493. The van der Waals surface area contributed by atoms with Gasteiger partial charge in [-0.15, -0.1) is 0 Å². The molecule has 4 heteroatoms. The average molecular weight is 307 g/mol. The van der Waals surface area contributed by atoms with Crippen molar-refractivity contribution in [1.82, 2.24) is 0 Å². The molecule has 0 aliphatic heterocycles. The van der Waals surface area contributed by atoms with Crippen LogP contribution >= 0.6 is 0 Å². The zero-order valence-electron chi connectivity index (χ0n) is 12.8. The minimum Gasteiger partial charge on any atom is -0.460 e. The number of benzene rings is 2. The van der Waals surface area contributed by atoms with Crippen molar-refractivity contribution in [3.8, 4) is 22.5 Å². The van der Waals surface area contributed by atoms with Gasteiger partial charge in [-0.25, -0.2) is 4.79 Å². The monoisotopic (exact) mass is 307 g/mol. The third-order valence-electron chi connectivity index (χ3n) is 3.50. The van der Waals surface area contributed by atoms with Gasteiger partial charge in [-0.1, -0.05) is 60.7 Å². The third-order valence-corrected chi connectivity index (χ3v) is 3.50. The fourth-order valence-corrected chi connectivity index (χ4v) is 2.48. The fourth-order valence-electron chi connectivity index (χ4n) is 2.48. The lowest BCUT2D eigenvalue weighted by Gasteiger charge is -2.04. The van der Waals surface area contributed by atoms with Crippen LogP contribution in [0.2, 0.25) is 0 Å². The average Bonchev–Trinajstić information content (AvgIpc) is 2.94. The molecule has 0 saturated heterocycles. The van der Waals surface area contributed by atoms with E-state index in [1.165, 1.54) is 0 Å². The van der Waals surface area contributed by atoms with Gasteiger partial charge in [0.1, 0.15) is 5.76 Å². The Morgan fingerprint density at radius 3 is 2.13 bits per heavy atom. The van der Waals surface area contributed by atoms with E-state index in [0.29, 0.717) is 17.0 Å². The lowest BCUT2D eigenvalue weighted by Crippen LogP contribution is -2.06. The highest BCUT2D eigenvalue weighted by Crippen LogP contribution is 2.41. The van der Waals surface area contributed by atoms with E-state index >= 15 is 0 Å². The molecule has 0 aliphatic rings. The molecule has 1 aromatic heterocycles. The molecule has 0 fully saturated rings. The Hall–Kier alpha value is -3.01. The highest BCUT2D eigenvalue weighted by Gasteiger charge is 2.25. The smallest absolute Gasteiger partial charge is 0.376 e. The fraction of sp³-hybridized carbons (Fsp3) is 0.105. The zero-order chi connectivity index (χ0) is 16.2. The SMILES string of the molecule is CCOC(=O)c1oc(-c2ccccc2)c(-c2ccccc2)c1N. The Bertz CT molecular complexity index is 807. The molecule has 0 amide bonds. The predicted molar refractivity (Wildman–Crippen MR) is 89.9 cm³/mol. The second kappa shape index (κ2) is 6.40. The Morgan fingerprint density at radius 2 is 1.57 bits per heavy atom. The summed E-state index contributed by atoms with van der Waals surface area (Å²) in [5.41, 5.74) is 8.96. The van der Waals surface area contributed by atoms with Crippen molar-refractivity contribution < 1.29 is 13.9 Å². The maximum atomic E-state index is 12.1. The van der Waals surface area contributed by atoms with Gasteiger partial charge in [0.2, 0.25) is 5.76 Å². The molecule has 3 rings (SSSR count). The summed E-state index contributed by atoms with van der Waals surface area (Å²) in [7, 11) is 0. The van der Waals surface area contributed by atoms with E-state index in [4.69, 9.17) is 14.9 Å². The van der Waals surface area contributed by atoms with Crippen molar-refractivity contribution in [2.24, 2.45) is 0 Å². The maximum Gasteiger partial charge on any atom is 0.376 e. The molecule has 0 atom stereocenters. The van der Waals surface area contributed by atoms with Crippen molar-refractivity contribution in [3.63, 3.8) is 0 Å². The molecule has 1 heterocycles. The molecule has 0 saturated carbocycles. The van der Waals surface area contributed by atoms with Gasteiger partial charge in [0.15, 0.2) is 0 Å². The lowest BCUT2D eigenvalue weighted by atomic mass is 10.0. The van der Waals surface area contributed by atoms with Crippen LogP contribution in [0.15, 0.2) is 65.1 Å². The van der Waals surface area contributed by atoms with E-state index in [-0.39, 0.29) is 12.4 Å². The molecule has 3 aromatic rings. The van der Waals surface area contributed by atoms with Gasteiger partial charge in [0.25, 0.3) is 0 Å². The summed E-state index contributed by atoms with van der Waals surface area (Å²) in [4.78, 5) is 12.1. The number of nitrogen functional groups attached to an aromatic ring is 1. The number of anilines is 1. The van der Waals surface area contributed by atoms with Crippen LogP contribution in [-0.4, -0.2) is 12.6 Å². The summed E-state index contributed by atoms with van der Waals surface area (Å²) in [5.74, 6) is 0.0614. The molecule has 0 aliphatic carbocycles. The van der Waals surface area contributed by atoms with E-state index in [1.807, 2.05) is 60.7 Å². The van der Waals surface area contributed by atoms with Crippen molar-refractivity contribution in [2.45, 2.75) is 6.92 Å². The number of hydrogen-bond acceptors (Lipinski definition) is 4. The second-order valence-electron chi connectivity index (χ2n) is 5.00. The van der Waals surface area contributed by atoms with Crippen LogP contribution in [-0.2, 0) is 4.74 Å². The summed E-state index contributed by atoms with van der Waals surface area (Å²) in [6.07, 6.45) is 0. The van der Waals surface area contributed by atoms with Gasteiger partial charge >= 0.3 is 5.97 Å². The summed E-state index contributed by atoms with van der Waals surface area (Å²) < 4.78 is 10.8. The van der Waals surface area contributed by atoms with Crippen LogP contribution in [0.5, 0.6) is 0 Å². The number of carbonyl (C=O) groups is 1. The largest absolute Gasteiger partial charge is 0.460 e. The first-order valence-corrected chi connectivity index (χ1v) is 7.42. The van der Waals surface area contributed by atoms with Crippen molar-refractivity contribution in [3.05, 3.63) is 66.4 Å². The minimum absolute atomic E-state index is 0.0459. The molecule has 2 aromatic carbocycles. The molecule has 23 heavy (non-hydrogen) atoms.